The number of fused-ring (bicyclic) bond motifs is 1. The van der Waals surface area contributed by atoms with Gasteiger partial charge in [0, 0.05) is 10.9 Å². The fraction of sp³-hybridized carbons (Fsp3) is 0.227. The largest absolute Gasteiger partial charge is 0.497 e. The van der Waals surface area contributed by atoms with Gasteiger partial charge in [-0.05, 0) is 43.3 Å². The van der Waals surface area contributed by atoms with E-state index in [1.807, 2.05) is 0 Å². The van der Waals surface area contributed by atoms with Crippen molar-refractivity contribution in [3.63, 3.8) is 0 Å². The Labute approximate surface area is 178 Å². The predicted octanol–water partition coefficient (Wildman–Crippen LogP) is 4.45. The van der Waals surface area contributed by atoms with Crippen LogP contribution in [0.1, 0.15) is 28.5 Å². The molecule has 2 aromatic carbocycles. The van der Waals surface area contributed by atoms with E-state index in [2.05, 4.69) is 4.98 Å². The second kappa shape index (κ2) is 9.21. The maximum atomic E-state index is 12.6. The van der Waals surface area contributed by atoms with Crippen LogP contribution in [-0.4, -0.2) is 43.8 Å². The average Bonchev–Trinajstić information content (AvgIpc) is 3.14. The summed E-state index contributed by atoms with van der Waals surface area (Å²) in [6.45, 7) is 1.93. The number of benzene rings is 2. The summed E-state index contributed by atoms with van der Waals surface area (Å²) in [4.78, 5) is 26.8. The summed E-state index contributed by atoms with van der Waals surface area (Å²) >= 11 is 0. The van der Waals surface area contributed by atoms with E-state index >= 15 is 0 Å². The average molecular weight is 426 g/mol. The lowest BCUT2D eigenvalue weighted by atomic mass is 10.1. The molecule has 0 amide bonds. The quantitative estimate of drug-likeness (QED) is 0.322. The number of hydrogen-bond donors (Lipinski definition) is 1. The van der Waals surface area contributed by atoms with Crippen LogP contribution < -0.4 is 14.2 Å². The monoisotopic (exact) mass is 426 g/mol. The molecular weight excluding hydrogens is 404 g/mol. The highest BCUT2D eigenvalue weighted by atomic mass is 16.6. The van der Waals surface area contributed by atoms with Crippen molar-refractivity contribution in [1.82, 2.24) is 4.98 Å². The number of methoxy groups -OCH3 is 3. The van der Waals surface area contributed by atoms with Gasteiger partial charge in [-0.25, -0.2) is 4.79 Å². The highest BCUT2D eigenvalue weighted by Crippen LogP contribution is 2.36. The third-order valence-electron chi connectivity index (χ3n) is 4.67. The number of carbonyl (C=O) groups excluding carboxylic acids is 1. The summed E-state index contributed by atoms with van der Waals surface area (Å²) in [5.74, 6) is 0.669. The van der Waals surface area contributed by atoms with Gasteiger partial charge in [-0.1, -0.05) is 0 Å². The number of rotatable bonds is 8. The van der Waals surface area contributed by atoms with Crippen molar-refractivity contribution in [2.24, 2.45) is 0 Å². The Bertz CT molecular complexity index is 1160. The molecule has 3 rings (SSSR count). The van der Waals surface area contributed by atoms with Gasteiger partial charge in [0.2, 0.25) is 0 Å². The van der Waals surface area contributed by atoms with Crippen LogP contribution in [-0.2, 0) is 4.74 Å². The first-order chi connectivity index (χ1) is 14.9. The topological polar surface area (TPSA) is 113 Å². The molecule has 3 aromatic rings. The molecule has 0 saturated heterocycles. The molecule has 162 valence electrons. The van der Waals surface area contributed by atoms with Gasteiger partial charge >= 0.3 is 5.97 Å². The molecule has 0 unspecified atom stereocenters. The Hall–Kier alpha value is -4.01. The number of hydrogen-bond acceptors (Lipinski definition) is 7. The molecule has 9 nitrogen and oxygen atoms in total. The van der Waals surface area contributed by atoms with E-state index in [-0.39, 0.29) is 23.6 Å². The van der Waals surface area contributed by atoms with Crippen LogP contribution in [0.3, 0.4) is 0 Å². The van der Waals surface area contributed by atoms with Gasteiger partial charge in [0.15, 0.2) is 11.5 Å². The number of aromatic nitrogens is 1. The van der Waals surface area contributed by atoms with Crippen LogP contribution in [0.15, 0.2) is 30.3 Å². The molecule has 0 atom stereocenters. The van der Waals surface area contributed by atoms with Gasteiger partial charge in [-0.2, -0.15) is 0 Å². The van der Waals surface area contributed by atoms with E-state index in [1.165, 1.54) is 39.5 Å². The molecule has 9 heteroatoms. The summed E-state index contributed by atoms with van der Waals surface area (Å²) in [7, 11) is 4.39. The van der Waals surface area contributed by atoms with Gasteiger partial charge in [0.1, 0.15) is 5.75 Å². The van der Waals surface area contributed by atoms with Gasteiger partial charge < -0.3 is 23.9 Å². The van der Waals surface area contributed by atoms with E-state index in [1.54, 1.807) is 31.2 Å². The van der Waals surface area contributed by atoms with Crippen molar-refractivity contribution in [2.75, 3.05) is 27.9 Å². The van der Waals surface area contributed by atoms with Gasteiger partial charge in [-0.3, -0.25) is 10.1 Å². The molecular formula is C22H22N2O7. The van der Waals surface area contributed by atoms with Gasteiger partial charge in [-0.15, -0.1) is 0 Å². The summed E-state index contributed by atoms with van der Waals surface area (Å²) in [5, 5.41) is 12.2. The first-order valence-corrected chi connectivity index (χ1v) is 9.38. The zero-order valence-electron chi connectivity index (χ0n) is 17.6. The van der Waals surface area contributed by atoms with Crippen LogP contribution in [0.25, 0.3) is 23.1 Å². The number of H-pyrrole nitrogens is 1. The number of aromatic amines is 1. The molecule has 1 heterocycles. The van der Waals surface area contributed by atoms with E-state index < -0.39 is 10.9 Å². The van der Waals surface area contributed by atoms with Crippen molar-refractivity contribution in [3.8, 4) is 17.2 Å². The summed E-state index contributed by atoms with van der Waals surface area (Å²) in [5.41, 5.74) is 1.59. The first-order valence-electron chi connectivity index (χ1n) is 9.38. The molecule has 0 saturated carbocycles. The minimum Gasteiger partial charge on any atom is -0.497 e. The lowest BCUT2D eigenvalue weighted by Crippen LogP contribution is -2.05. The van der Waals surface area contributed by atoms with Crippen LogP contribution in [0.5, 0.6) is 17.2 Å². The number of carbonyl (C=O) groups is 1. The fourth-order valence-electron chi connectivity index (χ4n) is 3.22. The van der Waals surface area contributed by atoms with Crippen LogP contribution in [0, 0.1) is 10.1 Å². The minimum atomic E-state index is -0.511. The number of nitrogens with one attached hydrogen (secondary N) is 1. The Morgan fingerprint density at radius 1 is 1.06 bits per heavy atom. The van der Waals surface area contributed by atoms with Gasteiger partial charge in [0.25, 0.3) is 5.69 Å². The maximum absolute atomic E-state index is 12.6. The summed E-state index contributed by atoms with van der Waals surface area (Å²) in [6.07, 6.45) is 3.12. The van der Waals surface area contributed by atoms with E-state index in [0.717, 1.165) is 0 Å². The highest BCUT2D eigenvalue weighted by molar-refractivity contribution is 6.08. The third kappa shape index (κ3) is 4.30. The van der Waals surface area contributed by atoms with E-state index in [4.69, 9.17) is 18.9 Å². The number of nitro groups is 1. The lowest BCUT2D eigenvalue weighted by Gasteiger charge is -2.08. The van der Waals surface area contributed by atoms with Gasteiger partial charge in [0.05, 0.1) is 55.7 Å². The number of nitrogens with zero attached hydrogens (tertiary/aromatic N) is 1. The zero-order valence-corrected chi connectivity index (χ0v) is 17.6. The molecule has 0 aliphatic heterocycles. The molecule has 0 aliphatic carbocycles. The number of ether oxygens (including phenoxy) is 4. The fourth-order valence-corrected chi connectivity index (χ4v) is 3.22. The number of nitro benzene ring substituents is 1. The Morgan fingerprint density at radius 3 is 2.39 bits per heavy atom. The van der Waals surface area contributed by atoms with Crippen molar-refractivity contribution < 1.29 is 28.7 Å². The normalized spacial score (nSPS) is 11.0. The smallest absolute Gasteiger partial charge is 0.340 e. The first kappa shape index (κ1) is 21.7. The SMILES string of the molecule is CCOC(=O)c1c(/C=C/c2cc(OC)c(OC)cc2[N+](=O)[O-])[nH]c2ccc(OC)cc12. The third-order valence-corrected chi connectivity index (χ3v) is 4.67. The minimum absolute atomic E-state index is 0.163. The predicted molar refractivity (Wildman–Crippen MR) is 116 cm³/mol. The Balaban J connectivity index is 2.16. The lowest BCUT2D eigenvalue weighted by molar-refractivity contribution is -0.385. The molecule has 0 spiro atoms. The standard InChI is InChI=1S/C22H22N2O7/c1-5-31-22(25)21-15-11-14(28-2)7-9-16(15)23-17(21)8-6-13-10-19(29-3)20(30-4)12-18(13)24(26)27/h6-12,23H,5H2,1-4H3/b8-6+. The van der Waals surface area contributed by atoms with Crippen molar-refractivity contribution in [2.45, 2.75) is 6.92 Å². The molecule has 0 bridgehead atoms. The number of esters is 1. The van der Waals surface area contributed by atoms with Crippen LogP contribution in [0.4, 0.5) is 5.69 Å². The second-order valence-corrected chi connectivity index (χ2v) is 6.40. The van der Waals surface area contributed by atoms with Crippen molar-refractivity contribution >= 4 is 34.7 Å². The zero-order chi connectivity index (χ0) is 22.5. The Kier molecular flexibility index (Phi) is 6.44. The highest BCUT2D eigenvalue weighted by Gasteiger charge is 2.21. The molecule has 31 heavy (non-hydrogen) atoms. The summed E-state index contributed by atoms with van der Waals surface area (Å²) in [6, 6.07) is 8.08. The Morgan fingerprint density at radius 2 is 1.77 bits per heavy atom. The van der Waals surface area contributed by atoms with Crippen molar-refractivity contribution in [1.29, 1.82) is 0 Å². The second-order valence-electron chi connectivity index (χ2n) is 6.40. The molecule has 0 fully saturated rings. The molecule has 1 N–H and O–H groups in total. The molecule has 0 aliphatic rings. The van der Waals surface area contributed by atoms with Crippen LogP contribution >= 0.6 is 0 Å². The van der Waals surface area contributed by atoms with E-state index in [9.17, 15) is 14.9 Å². The van der Waals surface area contributed by atoms with Crippen LogP contribution in [0.2, 0.25) is 0 Å². The summed E-state index contributed by atoms with van der Waals surface area (Å²) < 4.78 is 20.9. The molecule has 1 aromatic heterocycles. The maximum Gasteiger partial charge on any atom is 0.340 e. The van der Waals surface area contributed by atoms with E-state index in [0.29, 0.717) is 33.7 Å². The van der Waals surface area contributed by atoms with Crippen molar-refractivity contribution in [3.05, 3.63) is 57.3 Å². The molecule has 0 radical (unpaired) electrons.